The van der Waals surface area contributed by atoms with Crippen LogP contribution in [0.1, 0.15) is 33.0 Å². The molecule has 158 valence electrons. The van der Waals surface area contributed by atoms with Crippen molar-refractivity contribution in [2.24, 2.45) is 0 Å². The minimum absolute atomic E-state index is 0.198. The molecule has 0 saturated carbocycles. The lowest BCUT2D eigenvalue weighted by molar-refractivity contribution is 0.0723. The third-order valence-corrected chi connectivity index (χ3v) is 5.56. The standard InChI is InChI=1S/C23H18BrN7O/c1-14-7-18(29-11-17(14)10-25)12-31(13-21-27-5-2-6-28-21)23(32)15-3-4-20-16(8-15)9-19(24)22(26)30-20/h2-9,11H,12-13H2,1H3,(H2,26,30). The molecule has 4 aromatic rings. The van der Waals surface area contributed by atoms with E-state index in [0.717, 1.165) is 10.9 Å². The summed E-state index contributed by atoms with van der Waals surface area (Å²) in [5, 5.41) is 9.95. The molecule has 3 aromatic heterocycles. The van der Waals surface area contributed by atoms with E-state index >= 15 is 0 Å². The van der Waals surface area contributed by atoms with E-state index in [4.69, 9.17) is 11.0 Å². The largest absolute Gasteiger partial charge is 0.383 e. The van der Waals surface area contributed by atoms with Crippen LogP contribution in [0.15, 0.2) is 59.5 Å². The van der Waals surface area contributed by atoms with Crippen molar-refractivity contribution in [1.82, 2.24) is 24.8 Å². The molecule has 0 unspecified atom stereocenters. The molecule has 0 saturated heterocycles. The predicted octanol–water partition coefficient (Wildman–Crippen LogP) is 3.79. The number of pyridine rings is 2. The Hall–Kier alpha value is -3.90. The molecule has 0 fully saturated rings. The first kappa shape index (κ1) is 21.3. The van der Waals surface area contributed by atoms with Crippen molar-refractivity contribution in [1.29, 1.82) is 5.26 Å². The fourth-order valence-corrected chi connectivity index (χ4v) is 3.61. The first-order valence-electron chi connectivity index (χ1n) is 9.71. The molecule has 0 radical (unpaired) electrons. The Morgan fingerprint density at radius 3 is 2.66 bits per heavy atom. The predicted molar refractivity (Wildman–Crippen MR) is 123 cm³/mol. The number of carbonyl (C=O) groups excluding carboxylic acids is 1. The number of benzene rings is 1. The third kappa shape index (κ3) is 4.55. The Morgan fingerprint density at radius 2 is 1.94 bits per heavy atom. The second-order valence-corrected chi connectivity index (χ2v) is 8.05. The van der Waals surface area contributed by atoms with E-state index in [2.05, 4.69) is 41.9 Å². The van der Waals surface area contributed by atoms with Crippen LogP contribution in [0.3, 0.4) is 0 Å². The van der Waals surface area contributed by atoms with Crippen molar-refractivity contribution in [3.05, 3.63) is 87.7 Å². The average molecular weight is 488 g/mol. The van der Waals surface area contributed by atoms with E-state index in [1.165, 1.54) is 6.20 Å². The molecule has 0 aliphatic heterocycles. The molecule has 32 heavy (non-hydrogen) atoms. The number of nitrogens with zero attached hydrogens (tertiary/aromatic N) is 6. The number of hydrogen-bond donors (Lipinski definition) is 1. The zero-order chi connectivity index (χ0) is 22.7. The quantitative estimate of drug-likeness (QED) is 0.454. The van der Waals surface area contributed by atoms with Crippen LogP contribution in [0.5, 0.6) is 0 Å². The molecule has 8 nitrogen and oxygen atoms in total. The maximum atomic E-state index is 13.5. The van der Waals surface area contributed by atoms with Gasteiger partial charge in [-0.15, -0.1) is 0 Å². The molecular formula is C23H18BrN7O. The lowest BCUT2D eigenvalue weighted by Gasteiger charge is -2.22. The molecule has 2 N–H and O–H groups in total. The maximum absolute atomic E-state index is 13.5. The van der Waals surface area contributed by atoms with E-state index < -0.39 is 0 Å². The highest BCUT2D eigenvalue weighted by atomic mass is 79.9. The fraction of sp³-hybridized carbons (Fsp3) is 0.130. The van der Waals surface area contributed by atoms with Crippen LogP contribution < -0.4 is 5.73 Å². The third-order valence-electron chi connectivity index (χ3n) is 4.92. The summed E-state index contributed by atoms with van der Waals surface area (Å²) in [6.07, 6.45) is 4.80. The summed E-state index contributed by atoms with van der Waals surface area (Å²) in [6, 6.07) is 12.8. The van der Waals surface area contributed by atoms with Gasteiger partial charge in [0.25, 0.3) is 5.91 Å². The van der Waals surface area contributed by atoms with Gasteiger partial charge in [-0.25, -0.2) is 15.0 Å². The van der Waals surface area contributed by atoms with Gasteiger partial charge in [0.15, 0.2) is 0 Å². The van der Waals surface area contributed by atoms with Crippen molar-refractivity contribution < 1.29 is 4.79 Å². The van der Waals surface area contributed by atoms with Crippen molar-refractivity contribution in [2.75, 3.05) is 5.73 Å². The number of amides is 1. The zero-order valence-corrected chi connectivity index (χ0v) is 18.7. The number of aromatic nitrogens is 4. The van der Waals surface area contributed by atoms with Gasteiger partial charge in [-0.3, -0.25) is 9.78 Å². The first-order chi connectivity index (χ1) is 15.4. The van der Waals surface area contributed by atoms with E-state index in [9.17, 15) is 4.79 Å². The smallest absolute Gasteiger partial charge is 0.254 e. The van der Waals surface area contributed by atoms with Crippen LogP contribution in [0.25, 0.3) is 10.9 Å². The number of fused-ring (bicyclic) bond motifs is 1. The molecule has 0 spiro atoms. The number of nitrogen functional groups attached to an aromatic ring is 1. The molecule has 3 heterocycles. The van der Waals surface area contributed by atoms with E-state index in [-0.39, 0.29) is 19.0 Å². The van der Waals surface area contributed by atoms with Gasteiger partial charge >= 0.3 is 0 Å². The Labute approximate surface area is 192 Å². The van der Waals surface area contributed by atoms with Gasteiger partial charge in [-0.2, -0.15) is 5.26 Å². The van der Waals surface area contributed by atoms with Gasteiger partial charge in [0.05, 0.1) is 34.3 Å². The SMILES string of the molecule is Cc1cc(CN(Cc2ncccn2)C(=O)c2ccc3nc(N)c(Br)cc3c2)ncc1C#N. The van der Waals surface area contributed by atoms with Crippen LogP contribution in [0, 0.1) is 18.3 Å². The average Bonchev–Trinajstić information content (AvgIpc) is 2.79. The Bertz CT molecular complexity index is 1350. The summed E-state index contributed by atoms with van der Waals surface area (Å²) in [7, 11) is 0. The van der Waals surface area contributed by atoms with Crippen LogP contribution in [-0.4, -0.2) is 30.7 Å². The van der Waals surface area contributed by atoms with E-state index in [1.807, 2.05) is 19.1 Å². The van der Waals surface area contributed by atoms with Crippen LogP contribution in [0.2, 0.25) is 0 Å². The number of rotatable bonds is 5. The normalized spacial score (nSPS) is 10.7. The monoisotopic (exact) mass is 487 g/mol. The van der Waals surface area contributed by atoms with E-state index in [0.29, 0.717) is 38.5 Å². The summed E-state index contributed by atoms with van der Waals surface area (Å²) in [4.78, 5) is 32.3. The molecule has 0 aliphatic carbocycles. The Kier molecular flexibility index (Phi) is 6.05. The number of halogens is 1. The van der Waals surface area contributed by atoms with Crippen molar-refractivity contribution >= 4 is 38.6 Å². The molecule has 0 bridgehead atoms. The fourth-order valence-electron chi connectivity index (χ4n) is 3.28. The van der Waals surface area contributed by atoms with Crippen LogP contribution in [0.4, 0.5) is 5.82 Å². The van der Waals surface area contributed by atoms with Crippen molar-refractivity contribution in [3.8, 4) is 6.07 Å². The van der Waals surface area contributed by atoms with E-state index in [1.54, 1.807) is 41.6 Å². The number of nitriles is 1. The second kappa shape index (κ2) is 9.08. The highest BCUT2D eigenvalue weighted by molar-refractivity contribution is 9.10. The van der Waals surface area contributed by atoms with Gasteiger partial charge in [0.2, 0.25) is 0 Å². The minimum Gasteiger partial charge on any atom is -0.383 e. The molecule has 1 aromatic carbocycles. The zero-order valence-electron chi connectivity index (χ0n) is 17.2. The summed E-state index contributed by atoms with van der Waals surface area (Å²) in [5.74, 6) is 0.710. The maximum Gasteiger partial charge on any atom is 0.254 e. The molecule has 0 aliphatic rings. The van der Waals surface area contributed by atoms with Crippen molar-refractivity contribution in [3.63, 3.8) is 0 Å². The Balaban J connectivity index is 1.69. The molecule has 4 rings (SSSR count). The highest BCUT2D eigenvalue weighted by Crippen LogP contribution is 2.25. The highest BCUT2D eigenvalue weighted by Gasteiger charge is 2.19. The summed E-state index contributed by atoms with van der Waals surface area (Å²) in [5.41, 5.74) is 9.04. The van der Waals surface area contributed by atoms with Gasteiger partial charge < -0.3 is 10.6 Å². The summed E-state index contributed by atoms with van der Waals surface area (Å²) < 4.78 is 0.668. The van der Waals surface area contributed by atoms with Crippen LogP contribution in [-0.2, 0) is 13.1 Å². The lowest BCUT2D eigenvalue weighted by Crippen LogP contribution is -2.31. The topological polar surface area (TPSA) is 122 Å². The number of carbonyl (C=O) groups is 1. The van der Waals surface area contributed by atoms with Gasteiger partial charge in [-0.05, 0) is 64.8 Å². The van der Waals surface area contributed by atoms with Gasteiger partial charge in [0.1, 0.15) is 17.7 Å². The molecule has 0 atom stereocenters. The summed E-state index contributed by atoms with van der Waals surface area (Å²) in [6.45, 7) is 2.30. The first-order valence-corrected chi connectivity index (χ1v) is 10.5. The van der Waals surface area contributed by atoms with Crippen LogP contribution >= 0.6 is 15.9 Å². The lowest BCUT2D eigenvalue weighted by atomic mass is 10.1. The minimum atomic E-state index is -0.198. The Morgan fingerprint density at radius 1 is 1.16 bits per heavy atom. The summed E-state index contributed by atoms with van der Waals surface area (Å²) >= 11 is 3.38. The van der Waals surface area contributed by atoms with Gasteiger partial charge in [0, 0.05) is 29.5 Å². The number of aryl methyl sites for hydroxylation is 1. The van der Waals surface area contributed by atoms with Gasteiger partial charge in [-0.1, -0.05) is 0 Å². The molecule has 9 heteroatoms. The molecule has 1 amide bonds. The molecular weight excluding hydrogens is 470 g/mol. The second-order valence-electron chi connectivity index (χ2n) is 7.19. The number of hydrogen-bond acceptors (Lipinski definition) is 7. The van der Waals surface area contributed by atoms with Crippen molar-refractivity contribution in [2.45, 2.75) is 20.0 Å². The number of nitrogens with two attached hydrogens (primary N) is 1. The number of anilines is 1.